The highest BCUT2D eigenvalue weighted by molar-refractivity contribution is 7.89. The summed E-state index contributed by atoms with van der Waals surface area (Å²) in [6.07, 6.45) is 2.13. The van der Waals surface area contributed by atoms with E-state index in [0.29, 0.717) is 39.1 Å². The van der Waals surface area contributed by atoms with Crippen LogP contribution >= 0.6 is 24.0 Å². The molecule has 1 saturated heterocycles. The van der Waals surface area contributed by atoms with Crippen LogP contribution in [0.3, 0.4) is 0 Å². The van der Waals surface area contributed by atoms with E-state index in [0.717, 1.165) is 6.42 Å². The van der Waals surface area contributed by atoms with Crippen LogP contribution < -0.4 is 5.73 Å². The Morgan fingerprint density at radius 3 is 2.54 bits per heavy atom. The summed E-state index contributed by atoms with van der Waals surface area (Å²) >= 11 is 6.03. The van der Waals surface area contributed by atoms with Gasteiger partial charge in [0.1, 0.15) is 0 Å². The lowest BCUT2D eigenvalue weighted by atomic mass is 10.1. The highest BCUT2D eigenvalue weighted by Gasteiger charge is 2.30. The van der Waals surface area contributed by atoms with Gasteiger partial charge in [0.2, 0.25) is 10.0 Å². The summed E-state index contributed by atoms with van der Waals surface area (Å²) in [6.45, 7) is 1.94. The summed E-state index contributed by atoms with van der Waals surface area (Å²) < 4.78 is 37.2. The third-order valence-electron chi connectivity index (χ3n) is 4.09. The summed E-state index contributed by atoms with van der Waals surface area (Å²) in [5.41, 5.74) is 5.57. The number of methoxy groups -OCH3 is 1. The van der Waals surface area contributed by atoms with Crippen LogP contribution in [0.1, 0.15) is 29.6 Å². The Balaban J connectivity index is 0.00000338. The molecule has 1 aliphatic heterocycles. The molecule has 0 aromatic heterocycles. The van der Waals surface area contributed by atoms with E-state index in [2.05, 4.69) is 4.74 Å². The average molecular weight is 427 g/mol. The quantitative estimate of drug-likeness (QED) is 0.529. The second-order valence-electron chi connectivity index (χ2n) is 5.75. The van der Waals surface area contributed by atoms with Crippen molar-refractivity contribution >= 4 is 40.0 Å². The number of benzene rings is 1. The zero-order chi connectivity index (χ0) is 18.4. The molecule has 1 aromatic carbocycles. The molecule has 0 bridgehead atoms. The fourth-order valence-corrected chi connectivity index (χ4v) is 4.47. The van der Waals surface area contributed by atoms with Crippen molar-refractivity contribution in [3.8, 4) is 0 Å². The first-order valence-corrected chi connectivity index (χ1v) is 9.91. The average Bonchev–Trinajstić information content (AvgIpc) is 2.61. The van der Waals surface area contributed by atoms with Crippen LogP contribution in [0.25, 0.3) is 0 Å². The number of carbonyl (C=O) groups excluding carboxylic acids is 1. The summed E-state index contributed by atoms with van der Waals surface area (Å²) in [5, 5.41) is 0.0490. The van der Waals surface area contributed by atoms with Crippen molar-refractivity contribution < 1.29 is 22.7 Å². The predicted molar refractivity (Wildman–Crippen MR) is 101 cm³/mol. The Hall–Kier alpha value is -0.900. The monoisotopic (exact) mass is 426 g/mol. The summed E-state index contributed by atoms with van der Waals surface area (Å²) in [7, 11) is -2.42. The van der Waals surface area contributed by atoms with E-state index in [4.69, 9.17) is 22.1 Å². The maximum atomic E-state index is 12.8. The molecule has 0 saturated carbocycles. The van der Waals surface area contributed by atoms with E-state index < -0.39 is 16.0 Å². The van der Waals surface area contributed by atoms with Gasteiger partial charge in [0.05, 0.1) is 28.7 Å². The van der Waals surface area contributed by atoms with Crippen LogP contribution in [0.2, 0.25) is 5.02 Å². The molecule has 7 nitrogen and oxygen atoms in total. The van der Waals surface area contributed by atoms with Gasteiger partial charge in [-0.05, 0) is 44.0 Å². The Morgan fingerprint density at radius 1 is 1.35 bits per heavy atom. The molecule has 0 atom stereocenters. The van der Waals surface area contributed by atoms with Gasteiger partial charge in [-0.3, -0.25) is 0 Å². The number of nitrogens with zero attached hydrogens (tertiary/aromatic N) is 1. The van der Waals surface area contributed by atoms with Gasteiger partial charge in [0.15, 0.2) is 0 Å². The van der Waals surface area contributed by atoms with Crippen molar-refractivity contribution in [1.82, 2.24) is 4.31 Å². The minimum Gasteiger partial charge on any atom is -0.465 e. The van der Waals surface area contributed by atoms with Crippen LogP contribution in [-0.4, -0.2) is 58.1 Å². The summed E-state index contributed by atoms with van der Waals surface area (Å²) in [4.78, 5) is 11.6. The van der Waals surface area contributed by atoms with Gasteiger partial charge >= 0.3 is 5.97 Å². The van der Waals surface area contributed by atoms with E-state index in [-0.39, 0.29) is 34.0 Å². The Bertz CT molecular complexity index is 707. The van der Waals surface area contributed by atoms with Gasteiger partial charge in [-0.15, -0.1) is 12.4 Å². The van der Waals surface area contributed by atoms with Crippen LogP contribution in [0.15, 0.2) is 23.1 Å². The molecule has 1 fully saturated rings. The lowest BCUT2D eigenvalue weighted by Crippen LogP contribution is -2.41. The van der Waals surface area contributed by atoms with Crippen molar-refractivity contribution in [2.45, 2.75) is 30.3 Å². The van der Waals surface area contributed by atoms with Gasteiger partial charge in [0, 0.05) is 19.7 Å². The number of ether oxygens (including phenoxy) is 2. The molecule has 1 aromatic rings. The molecule has 10 heteroatoms. The second kappa shape index (κ2) is 10.4. The SMILES string of the molecule is COC(=O)c1ccc(S(=O)(=O)N2CCC(OCCCN)CC2)cc1Cl.Cl. The molecule has 1 aliphatic rings. The van der Waals surface area contributed by atoms with E-state index in [1.165, 1.54) is 29.6 Å². The molecular weight excluding hydrogens is 403 g/mol. The Morgan fingerprint density at radius 2 is 2.00 bits per heavy atom. The van der Waals surface area contributed by atoms with Crippen LogP contribution in [0.4, 0.5) is 0 Å². The van der Waals surface area contributed by atoms with E-state index in [1.807, 2.05) is 0 Å². The molecule has 1 heterocycles. The van der Waals surface area contributed by atoms with Crippen molar-refractivity contribution in [1.29, 1.82) is 0 Å². The lowest BCUT2D eigenvalue weighted by Gasteiger charge is -2.31. The maximum absolute atomic E-state index is 12.8. The molecule has 0 amide bonds. The number of hydrogen-bond donors (Lipinski definition) is 1. The third kappa shape index (κ3) is 5.55. The number of rotatable bonds is 7. The van der Waals surface area contributed by atoms with Crippen molar-refractivity contribution in [3.05, 3.63) is 28.8 Å². The van der Waals surface area contributed by atoms with Crippen LogP contribution in [0.5, 0.6) is 0 Å². The van der Waals surface area contributed by atoms with Crippen molar-refractivity contribution in [2.75, 3.05) is 33.4 Å². The minimum atomic E-state index is -3.66. The highest BCUT2D eigenvalue weighted by Crippen LogP contribution is 2.26. The number of halogens is 2. The summed E-state index contributed by atoms with van der Waals surface area (Å²) in [5.74, 6) is -0.607. The molecule has 0 radical (unpaired) electrons. The number of hydrogen-bond acceptors (Lipinski definition) is 6. The van der Waals surface area contributed by atoms with Crippen molar-refractivity contribution in [3.63, 3.8) is 0 Å². The highest BCUT2D eigenvalue weighted by atomic mass is 35.5. The summed E-state index contributed by atoms with van der Waals surface area (Å²) in [6, 6.07) is 4.02. The molecule has 26 heavy (non-hydrogen) atoms. The first-order valence-electron chi connectivity index (χ1n) is 8.10. The predicted octanol–water partition coefficient (Wildman–Crippen LogP) is 2.07. The van der Waals surface area contributed by atoms with Gasteiger partial charge in [-0.25, -0.2) is 13.2 Å². The zero-order valence-electron chi connectivity index (χ0n) is 14.5. The molecule has 2 N–H and O–H groups in total. The van der Waals surface area contributed by atoms with Crippen molar-refractivity contribution in [2.24, 2.45) is 5.73 Å². The minimum absolute atomic E-state index is 0. The molecule has 0 aliphatic carbocycles. The smallest absolute Gasteiger partial charge is 0.339 e. The molecule has 0 unspecified atom stereocenters. The third-order valence-corrected chi connectivity index (χ3v) is 6.29. The topological polar surface area (TPSA) is 98.9 Å². The molecule has 0 spiro atoms. The van der Waals surface area contributed by atoms with E-state index in [9.17, 15) is 13.2 Å². The van der Waals surface area contributed by atoms with Gasteiger partial charge < -0.3 is 15.2 Å². The van der Waals surface area contributed by atoms with Gasteiger partial charge in [0.25, 0.3) is 0 Å². The number of nitrogens with two attached hydrogens (primary N) is 1. The largest absolute Gasteiger partial charge is 0.465 e. The molecule has 148 valence electrons. The van der Waals surface area contributed by atoms with Crippen LogP contribution in [-0.2, 0) is 19.5 Å². The lowest BCUT2D eigenvalue weighted by molar-refractivity contribution is 0.0209. The zero-order valence-corrected chi connectivity index (χ0v) is 16.9. The fraction of sp³-hybridized carbons (Fsp3) is 0.562. The Labute approximate surface area is 165 Å². The first kappa shape index (κ1) is 23.1. The number of piperidine rings is 1. The molecular formula is C16H24Cl2N2O5S. The fourth-order valence-electron chi connectivity index (χ4n) is 2.65. The molecule has 2 rings (SSSR count). The van der Waals surface area contributed by atoms with Crippen LogP contribution in [0, 0.1) is 0 Å². The van der Waals surface area contributed by atoms with E-state index >= 15 is 0 Å². The Kier molecular flexibility index (Phi) is 9.29. The normalized spacial score (nSPS) is 16.1. The maximum Gasteiger partial charge on any atom is 0.339 e. The first-order chi connectivity index (χ1) is 11.9. The van der Waals surface area contributed by atoms with Gasteiger partial charge in [-0.1, -0.05) is 11.6 Å². The standard InChI is InChI=1S/C16H23ClN2O5S.ClH/c1-23-16(20)14-4-3-13(11-15(14)17)25(21,22)19-8-5-12(6-9-19)24-10-2-7-18;/h3-4,11-12H,2,5-10,18H2,1H3;1H. The number of carbonyl (C=O) groups is 1. The van der Waals surface area contributed by atoms with Gasteiger partial charge in [-0.2, -0.15) is 4.31 Å². The second-order valence-corrected chi connectivity index (χ2v) is 8.09. The van der Waals surface area contributed by atoms with E-state index in [1.54, 1.807) is 0 Å². The number of esters is 1. The number of sulfonamides is 1.